The van der Waals surface area contributed by atoms with E-state index in [1.165, 1.54) is 0 Å². The van der Waals surface area contributed by atoms with Gasteiger partial charge in [0.25, 0.3) is 0 Å². The standard InChI is InChI=1S/C25H31N5O3/c1-17-20(18(2)30-24(26-17)21-7-3-4-8-22(21)27-30)9-10-23(31)29-11-5-6-19(16-29)25(32)28-12-14-33-15-13-28/h3-4,7-8,19H,5-6,9-16H2,1-2H3/t19-/m0/s1. The Kier molecular flexibility index (Phi) is 6.01. The van der Waals surface area contributed by atoms with Gasteiger partial charge in [-0.2, -0.15) is 5.10 Å². The summed E-state index contributed by atoms with van der Waals surface area (Å²) < 4.78 is 7.26. The van der Waals surface area contributed by atoms with Gasteiger partial charge in [-0.15, -0.1) is 0 Å². The molecule has 0 bridgehead atoms. The number of aryl methyl sites for hydroxylation is 2. The van der Waals surface area contributed by atoms with Gasteiger partial charge in [-0.3, -0.25) is 9.59 Å². The van der Waals surface area contributed by atoms with E-state index in [0.717, 1.165) is 52.9 Å². The van der Waals surface area contributed by atoms with Crippen LogP contribution in [0.2, 0.25) is 0 Å². The molecular formula is C25H31N5O3. The van der Waals surface area contributed by atoms with E-state index < -0.39 is 0 Å². The van der Waals surface area contributed by atoms with Crippen molar-refractivity contribution in [1.82, 2.24) is 24.4 Å². The predicted octanol–water partition coefficient (Wildman–Crippen LogP) is 2.53. The van der Waals surface area contributed by atoms with Crippen molar-refractivity contribution in [3.63, 3.8) is 0 Å². The Bertz CT molecular complexity index is 1200. The Morgan fingerprint density at radius 3 is 2.70 bits per heavy atom. The van der Waals surface area contributed by atoms with Gasteiger partial charge in [-0.25, -0.2) is 9.50 Å². The number of rotatable bonds is 4. The maximum absolute atomic E-state index is 13.1. The zero-order valence-electron chi connectivity index (χ0n) is 19.4. The van der Waals surface area contributed by atoms with Gasteiger partial charge in [0.05, 0.1) is 24.6 Å². The summed E-state index contributed by atoms with van der Waals surface area (Å²) in [5, 5.41) is 5.75. The van der Waals surface area contributed by atoms with E-state index in [4.69, 9.17) is 14.8 Å². The molecule has 8 nitrogen and oxygen atoms in total. The second kappa shape index (κ2) is 9.09. The maximum Gasteiger partial charge on any atom is 0.227 e. The number of morpholine rings is 1. The van der Waals surface area contributed by atoms with Crippen LogP contribution in [0.3, 0.4) is 0 Å². The number of hydrogen-bond donors (Lipinski definition) is 0. The summed E-state index contributed by atoms with van der Waals surface area (Å²) in [5.41, 5.74) is 4.82. The third-order valence-corrected chi connectivity index (χ3v) is 7.05. The summed E-state index contributed by atoms with van der Waals surface area (Å²) in [5.74, 6) is 0.181. The number of carbonyl (C=O) groups is 2. The summed E-state index contributed by atoms with van der Waals surface area (Å²) in [6.45, 7) is 7.81. The lowest BCUT2D eigenvalue weighted by Crippen LogP contribution is -2.49. The number of amides is 2. The first-order valence-electron chi connectivity index (χ1n) is 11.9. The minimum atomic E-state index is -0.0983. The molecule has 2 saturated heterocycles. The van der Waals surface area contributed by atoms with Crippen molar-refractivity contribution in [3.8, 4) is 0 Å². The summed E-state index contributed by atoms with van der Waals surface area (Å²) in [4.78, 5) is 34.6. The molecule has 2 amide bonds. The summed E-state index contributed by atoms with van der Waals surface area (Å²) in [6, 6.07) is 8.01. The SMILES string of the molecule is Cc1nc2c3ccccc3nn2c(C)c1CCC(=O)N1CCC[C@H](C(=O)N2CCOCC2)C1. The van der Waals surface area contributed by atoms with Gasteiger partial charge in [0.15, 0.2) is 5.65 Å². The van der Waals surface area contributed by atoms with Gasteiger partial charge in [0.2, 0.25) is 11.8 Å². The number of hydrogen-bond acceptors (Lipinski definition) is 5. The third kappa shape index (κ3) is 4.19. The number of benzene rings is 1. The van der Waals surface area contributed by atoms with Gasteiger partial charge in [-0.1, -0.05) is 12.1 Å². The number of piperidine rings is 1. The van der Waals surface area contributed by atoms with Crippen molar-refractivity contribution < 1.29 is 14.3 Å². The number of carbonyl (C=O) groups excluding carboxylic acids is 2. The van der Waals surface area contributed by atoms with Crippen molar-refractivity contribution in [3.05, 3.63) is 41.2 Å². The fraction of sp³-hybridized carbons (Fsp3) is 0.520. The normalized spacial score (nSPS) is 19.4. The Balaban J connectivity index is 1.27. The Morgan fingerprint density at radius 2 is 1.88 bits per heavy atom. The van der Waals surface area contributed by atoms with Crippen molar-refractivity contribution in [2.45, 2.75) is 39.5 Å². The lowest BCUT2D eigenvalue weighted by Gasteiger charge is -2.36. The molecule has 0 spiro atoms. The molecule has 33 heavy (non-hydrogen) atoms. The summed E-state index contributed by atoms with van der Waals surface area (Å²) in [7, 11) is 0. The Morgan fingerprint density at radius 1 is 1.09 bits per heavy atom. The summed E-state index contributed by atoms with van der Waals surface area (Å²) in [6.07, 6.45) is 2.76. The number of likely N-dealkylation sites (tertiary alicyclic amines) is 1. The molecule has 4 heterocycles. The van der Waals surface area contributed by atoms with Crippen molar-refractivity contribution >= 4 is 28.4 Å². The average Bonchev–Trinajstić information content (AvgIpc) is 3.22. The topological polar surface area (TPSA) is 80.0 Å². The van der Waals surface area contributed by atoms with E-state index in [-0.39, 0.29) is 17.7 Å². The van der Waals surface area contributed by atoms with Crippen LogP contribution >= 0.6 is 0 Å². The molecule has 0 saturated carbocycles. The highest BCUT2D eigenvalue weighted by Gasteiger charge is 2.31. The first kappa shape index (κ1) is 21.8. The highest BCUT2D eigenvalue weighted by Crippen LogP contribution is 2.24. The molecule has 2 aliphatic rings. The molecule has 1 atom stereocenters. The van der Waals surface area contributed by atoms with Crippen LogP contribution in [0.5, 0.6) is 0 Å². The van der Waals surface area contributed by atoms with E-state index in [1.807, 2.05) is 52.4 Å². The maximum atomic E-state index is 13.1. The largest absolute Gasteiger partial charge is 0.378 e. The first-order chi connectivity index (χ1) is 16.0. The van der Waals surface area contributed by atoms with E-state index in [1.54, 1.807) is 0 Å². The summed E-state index contributed by atoms with van der Waals surface area (Å²) >= 11 is 0. The molecule has 2 fully saturated rings. The van der Waals surface area contributed by atoms with Crippen molar-refractivity contribution in [1.29, 1.82) is 0 Å². The van der Waals surface area contributed by atoms with Crippen LogP contribution in [-0.4, -0.2) is 75.6 Å². The van der Waals surface area contributed by atoms with Crippen LogP contribution in [0.15, 0.2) is 24.3 Å². The quantitative estimate of drug-likeness (QED) is 0.612. The zero-order chi connectivity index (χ0) is 22.9. The number of fused-ring (bicyclic) bond motifs is 3. The molecule has 0 N–H and O–H groups in total. The molecule has 2 aromatic heterocycles. The van der Waals surface area contributed by atoms with Crippen LogP contribution in [0.25, 0.3) is 16.6 Å². The van der Waals surface area contributed by atoms with Crippen molar-refractivity contribution in [2.24, 2.45) is 5.92 Å². The van der Waals surface area contributed by atoms with Crippen LogP contribution in [-0.2, 0) is 20.7 Å². The van der Waals surface area contributed by atoms with Crippen LogP contribution in [0, 0.1) is 19.8 Å². The minimum Gasteiger partial charge on any atom is -0.378 e. The molecule has 3 aromatic rings. The second-order valence-corrected chi connectivity index (χ2v) is 9.13. The fourth-order valence-electron chi connectivity index (χ4n) is 5.18. The molecule has 2 aliphatic heterocycles. The third-order valence-electron chi connectivity index (χ3n) is 7.05. The van der Waals surface area contributed by atoms with Gasteiger partial charge in [0, 0.05) is 49.4 Å². The van der Waals surface area contributed by atoms with E-state index in [0.29, 0.717) is 45.7 Å². The molecule has 0 aliphatic carbocycles. The van der Waals surface area contributed by atoms with Gasteiger partial charge >= 0.3 is 0 Å². The fourth-order valence-corrected chi connectivity index (χ4v) is 5.18. The monoisotopic (exact) mass is 449 g/mol. The van der Waals surface area contributed by atoms with Gasteiger partial charge in [0.1, 0.15) is 0 Å². The second-order valence-electron chi connectivity index (χ2n) is 9.13. The van der Waals surface area contributed by atoms with E-state index >= 15 is 0 Å². The van der Waals surface area contributed by atoms with Gasteiger partial charge < -0.3 is 14.5 Å². The molecule has 174 valence electrons. The number of aromatic nitrogens is 3. The average molecular weight is 450 g/mol. The number of ether oxygens (including phenoxy) is 1. The lowest BCUT2D eigenvalue weighted by atomic mass is 9.95. The van der Waals surface area contributed by atoms with Crippen LogP contribution < -0.4 is 0 Å². The number of nitrogens with zero attached hydrogens (tertiary/aromatic N) is 5. The zero-order valence-corrected chi connectivity index (χ0v) is 19.4. The van der Waals surface area contributed by atoms with Gasteiger partial charge in [-0.05, 0) is 50.8 Å². The van der Waals surface area contributed by atoms with Crippen LogP contribution in [0.4, 0.5) is 0 Å². The molecule has 8 heteroatoms. The van der Waals surface area contributed by atoms with Crippen molar-refractivity contribution in [2.75, 3.05) is 39.4 Å². The first-order valence-corrected chi connectivity index (χ1v) is 11.9. The Labute approximate surface area is 193 Å². The van der Waals surface area contributed by atoms with E-state index in [2.05, 4.69) is 0 Å². The molecule has 0 radical (unpaired) electrons. The Hall–Kier alpha value is -3.00. The highest BCUT2D eigenvalue weighted by molar-refractivity contribution is 5.92. The smallest absolute Gasteiger partial charge is 0.227 e. The molecule has 5 rings (SSSR count). The highest BCUT2D eigenvalue weighted by atomic mass is 16.5. The predicted molar refractivity (Wildman–Crippen MR) is 125 cm³/mol. The molecule has 0 unspecified atom stereocenters. The van der Waals surface area contributed by atoms with Crippen LogP contribution in [0.1, 0.15) is 36.2 Å². The molecular weight excluding hydrogens is 418 g/mol. The van der Waals surface area contributed by atoms with E-state index in [9.17, 15) is 9.59 Å². The lowest BCUT2D eigenvalue weighted by molar-refractivity contribution is -0.144. The minimum absolute atomic E-state index is 0.0983. The molecule has 1 aromatic carbocycles.